The molecular weight excluding hydrogens is 243 g/mol. The quantitative estimate of drug-likeness (QED) is 0.830. The van der Waals surface area contributed by atoms with Gasteiger partial charge in [-0.15, -0.1) is 0 Å². The molecule has 4 heteroatoms. The second-order valence-corrected chi connectivity index (χ2v) is 5.26. The van der Waals surface area contributed by atoms with Gasteiger partial charge in [0.2, 0.25) is 0 Å². The van der Waals surface area contributed by atoms with Crippen molar-refractivity contribution in [3.63, 3.8) is 0 Å². The number of carbonyl (C=O) groups excluding carboxylic acids is 1. The fourth-order valence-electron chi connectivity index (χ4n) is 2.15. The molecule has 0 aliphatic heterocycles. The Morgan fingerprint density at radius 1 is 1.47 bits per heavy atom. The van der Waals surface area contributed by atoms with Crippen molar-refractivity contribution in [2.45, 2.75) is 45.6 Å². The summed E-state index contributed by atoms with van der Waals surface area (Å²) in [5.74, 6) is -0.504. The maximum Gasteiger partial charge on any atom is 0.254 e. The van der Waals surface area contributed by atoms with Crippen LogP contribution in [0.2, 0.25) is 0 Å². The fourth-order valence-corrected chi connectivity index (χ4v) is 2.15. The number of benzene rings is 1. The van der Waals surface area contributed by atoms with Crippen LogP contribution >= 0.6 is 0 Å². The van der Waals surface area contributed by atoms with E-state index in [1.165, 1.54) is 6.07 Å². The van der Waals surface area contributed by atoms with Crippen molar-refractivity contribution in [2.24, 2.45) is 0 Å². The maximum atomic E-state index is 13.7. The maximum absolute atomic E-state index is 13.7. The first kappa shape index (κ1) is 13.8. The Bertz CT molecular complexity index is 460. The molecule has 1 aliphatic rings. The van der Waals surface area contributed by atoms with Gasteiger partial charge in [0.1, 0.15) is 5.82 Å². The second kappa shape index (κ2) is 5.59. The number of hydrogen-bond donors (Lipinski definition) is 1. The predicted octanol–water partition coefficient (Wildman–Crippen LogP) is 3.12. The number of amides is 1. The van der Waals surface area contributed by atoms with Gasteiger partial charge in [-0.1, -0.05) is 13.3 Å². The molecule has 0 saturated heterocycles. The minimum atomic E-state index is -0.408. The van der Waals surface area contributed by atoms with Gasteiger partial charge >= 0.3 is 0 Å². The molecule has 0 heterocycles. The van der Waals surface area contributed by atoms with E-state index in [1.807, 2.05) is 4.90 Å². The van der Waals surface area contributed by atoms with Crippen molar-refractivity contribution in [3.8, 4) is 0 Å². The number of hydrogen-bond acceptors (Lipinski definition) is 2. The van der Waals surface area contributed by atoms with E-state index in [2.05, 4.69) is 6.92 Å². The highest BCUT2D eigenvalue weighted by Crippen LogP contribution is 2.29. The van der Waals surface area contributed by atoms with Crippen LogP contribution in [0, 0.1) is 12.7 Å². The summed E-state index contributed by atoms with van der Waals surface area (Å²) in [7, 11) is 0. The Labute approximate surface area is 113 Å². The molecule has 1 aromatic carbocycles. The van der Waals surface area contributed by atoms with Crippen molar-refractivity contribution in [3.05, 3.63) is 29.1 Å². The third-order valence-corrected chi connectivity index (χ3v) is 3.63. The first-order chi connectivity index (χ1) is 9.04. The summed E-state index contributed by atoms with van der Waals surface area (Å²) in [5, 5.41) is 0. The van der Waals surface area contributed by atoms with Gasteiger partial charge in [0.05, 0.1) is 0 Å². The minimum absolute atomic E-state index is 0.0958. The van der Waals surface area contributed by atoms with Gasteiger partial charge in [0, 0.05) is 29.4 Å². The summed E-state index contributed by atoms with van der Waals surface area (Å²) >= 11 is 0. The highest BCUT2D eigenvalue weighted by Gasteiger charge is 2.32. The van der Waals surface area contributed by atoms with Crippen LogP contribution in [0.15, 0.2) is 12.1 Å². The van der Waals surface area contributed by atoms with Crippen molar-refractivity contribution >= 4 is 11.6 Å². The zero-order valence-corrected chi connectivity index (χ0v) is 11.6. The van der Waals surface area contributed by atoms with Crippen LogP contribution < -0.4 is 5.73 Å². The molecule has 1 aromatic rings. The molecule has 0 aromatic heterocycles. The lowest BCUT2D eigenvalue weighted by atomic mass is 10.1. The van der Waals surface area contributed by atoms with Crippen LogP contribution in [0.3, 0.4) is 0 Å². The van der Waals surface area contributed by atoms with Gasteiger partial charge in [-0.05, 0) is 38.3 Å². The lowest BCUT2D eigenvalue weighted by molar-refractivity contribution is 0.0740. The molecule has 0 spiro atoms. The molecule has 0 unspecified atom stereocenters. The molecule has 1 fully saturated rings. The molecule has 3 nitrogen and oxygen atoms in total. The smallest absolute Gasteiger partial charge is 0.254 e. The fraction of sp³-hybridized carbons (Fsp3) is 0.533. The van der Waals surface area contributed by atoms with E-state index < -0.39 is 5.82 Å². The van der Waals surface area contributed by atoms with Gasteiger partial charge in [0.25, 0.3) is 5.91 Å². The summed E-state index contributed by atoms with van der Waals surface area (Å²) in [6.45, 7) is 4.46. The van der Waals surface area contributed by atoms with E-state index in [1.54, 1.807) is 13.0 Å². The largest absolute Gasteiger partial charge is 0.398 e. The SMILES string of the molecule is CCCCN(C(=O)c1cc(N)c(C)c(F)c1)C1CC1. The van der Waals surface area contributed by atoms with Crippen molar-refractivity contribution in [1.29, 1.82) is 0 Å². The number of nitrogen functional groups attached to an aromatic ring is 1. The lowest BCUT2D eigenvalue weighted by Gasteiger charge is -2.22. The first-order valence-corrected chi connectivity index (χ1v) is 6.91. The van der Waals surface area contributed by atoms with Crippen molar-refractivity contribution < 1.29 is 9.18 Å². The molecule has 1 aliphatic carbocycles. The summed E-state index contributed by atoms with van der Waals surface area (Å²) in [5.41, 5.74) is 6.85. The summed E-state index contributed by atoms with van der Waals surface area (Å²) in [4.78, 5) is 14.3. The van der Waals surface area contributed by atoms with Crippen LogP contribution in [0.1, 0.15) is 48.5 Å². The lowest BCUT2D eigenvalue weighted by Crippen LogP contribution is -2.34. The molecule has 0 atom stereocenters. The van der Waals surface area contributed by atoms with Gasteiger partial charge in [-0.2, -0.15) is 0 Å². The third-order valence-electron chi connectivity index (χ3n) is 3.63. The molecule has 0 bridgehead atoms. The monoisotopic (exact) mass is 264 g/mol. The van der Waals surface area contributed by atoms with Crippen molar-refractivity contribution in [2.75, 3.05) is 12.3 Å². The number of halogens is 1. The van der Waals surface area contributed by atoms with E-state index >= 15 is 0 Å². The van der Waals surface area contributed by atoms with Crippen LogP contribution in [0.4, 0.5) is 10.1 Å². The molecule has 104 valence electrons. The summed E-state index contributed by atoms with van der Waals surface area (Å²) < 4.78 is 13.7. The van der Waals surface area contributed by atoms with Gasteiger partial charge < -0.3 is 10.6 Å². The molecule has 1 amide bonds. The van der Waals surface area contributed by atoms with E-state index in [-0.39, 0.29) is 5.91 Å². The third kappa shape index (κ3) is 3.06. The highest BCUT2D eigenvalue weighted by molar-refractivity contribution is 5.95. The Morgan fingerprint density at radius 2 is 2.16 bits per heavy atom. The molecule has 0 radical (unpaired) electrons. The van der Waals surface area contributed by atoms with Crippen LogP contribution in [-0.4, -0.2) is 23.4 Å². The minimum Gasteiger partial charge on any atom is -0.398 e. The number of unbranched alkanes of at least 4 members (excludes halogenated alkanes) is 1. The number of carbonyl (C=O) groups is 1. The molecule has 2 rings (SSSR count). The molecule has 1 saturated carbocycles. The van der Waals surface area contributed by atoms with E-state index in [4.69, 9.17) is 5.73 Å². The van der Waals surface area contributed by atoms with Gasteiger partial charge in [-0.3, -0.25) is 4.79 Å². The van der Waals surface area contributed by atoms with Crippen LogP contribution in [-0.2, 0) is 0 Å². The standard InChI is InChI=1S/C15H21FN2O/c1-3-4-7-18(12-5-6-12)15(19)11-8-13(16)10(2)14(17)9-11/h8-9,12H,3-7,17H2,1-2H3. The van der Waals surface area contributed by atoms with Gasteiger partial charge in [0.15, 0.2) is 0 Å². The normalized spacial score (nSPS) is 14.5. The Morgan fingerprint density at radius 3 is 2.68 bits per heavy atom. The van der Waals surface area contributed by atoms with E-state index in [9.17, 15) is 9.18 Å². The van der Waals surface area contributed by atoms with Gasteiger partial charge in [-0.25, -0.2) is 4.39 Å². The Kier molecular flexibility index (Phi) is 4.08. The van der Waals surface area contributed by atoms with Crippen molar-refractivity contribution in [1.82, 2.24) is 4.90 Å². The average Bonchev–Trinajstić information content (AvgIpc) is 3.20. The topological polar surface area (TPSA) is 46.3 Å². The van der Waals surface area contributed by atoms with Crippen LogP contribution in [0.5, 0.6) is 0 Å². The second-order valence-electron chi connectivity index (χ2n) is 5.26. The molecule has 19 heavy (non-hydrogen) atoms. The zero-order chi connectivity index (χ0) is 14.0. The number of nitrogens with two attached hydrogens (primary N) is 1. The van der Waals surface area contributed by atoms with E-state index in [0.29, 0.717) is 22.9 Å². The Balaban J connectivity index is 2.21. The number of rotatable bonds is 5. The first-order valence-electron chi connectivity index (χ1n) is 6.91. The number of anilines is 1. The molecule has 2 N–H and O–H groups in total. The predicted molar refractivity (Wildman–Crippen MR) is 74.5 cm³/mol. The van der Waals surface area contributed by atoms with Crippen LogP contribution in [0.25, 0.3) is 0 Å². The van der Waals surface area contributed by atoms with E-state index in [0.717, 1.165) is 32.2 Å². The summed E-state index contributed by atoms with van der Waals surface area (Å²) in [6.07, 6.45) is 4.13. The highest BCUT2D eigenvalue weighted by atomic mass is 19.1. The number of nitrogens with zero attached hydrogens (tertiary/aromatic N) is 1. The average molecular weight is 264 g/mol. The summed E-state index contributed by atoms with van der Waals surface area (Å²) in [6, 6.07) is 3.22. The molecular formula is C15H21FN2O. The zero-order valence-electron chi connectivity index (χ0n) is 11.6. The Hall–Kier alpha value is -1.58.